The van der Waals surface area contributed by atoms with Crippen molar-refractivity contribution in [1.29, 1.82) is 5.26 Å². The maximum Gasteiger partial charge on any atom is 0.255 e. The third-order valence-corrected chi connectivity index (χ3v) is 5.87. The highest BCUT2D eigenvalue weighted by Gasteiger charge is 2.39. The van der Waals surface area contributed by atoms with E-state index in [4.69, 9.17) is 5.26 Å². The molecule has 3 amide bonds. The molecular weight excluding hydrogens is 427 g/mol. The number of aromatic nitrogens is 3. The topological polar surface area (TPSA) is 121 Å². The first-order chi connectivity index (χ1) is 15.9. The zero-order chi connectivity index (χ0) is 23.1. The van der Waals surface area contributed by atoms with E-state index in [9.17, 15) is 18.8 Å². The van der Waals surface area contributed by atoms with E-state index < -0.39 is 17.8 Å². The molecule has 0 spiro atoms. The molecule has 0 bridgehead atoms. The van der Waals surface area contributed by atoms with Crippen LogP contribution < -0.4 is 5.32 Å². The van der Waals surface area contributed by atoms with Crippen molar-refractivity contribution in [3.8, 4) is 17.3 Å². The van der Waals surface area contributed by atoms with Crippen LogP contribution in [0.3, 0.4) is 0 Å². The smallest absolute Gasteiger partial charge is 0.255 e. The summed E-state index contributed by atoms with van der Waals surface area (Å²) in [7, 11) is 0. The Hall–Kier alpha value is -4.39. The van der Waals surface area contributed by atoms with Crippen LogP contribution >= 0.6 is 0 Å². The first-order valence-electron chi connectivity index (χ1n) is 10.3. The van der Waals surface area contributed by atoms with Gasteiger partial charge in [-0.25, -0.2) is 9.07 Å². The predicted molar refractivity (Wildman–Crippen MR) is 112 cm³/mol. The number of nitriles is 1. The van der Waals surface area contributed by atoms with Crippen LogP contribution in [0.25, 0.3) is 11.3 Å². The van der Waals surface area contributed by atoms with Crippen LogP contribution in [-0.4, -0.2) is 43.7 Å². The number of halogens is 1. The molecule has 1 atom stereocenters. The van der Waals surface area contributed by atoms with Gasteiger partial charge in [0.15, 0.2) is 0 Å². The van der Waals surface area contributed by atoms with E-state index >= 15 is 0 Å². The van der Waals surface area contributed by atoms with Crippen LogP contribution in [0.1, 0.15) is 39.9 Å². The van der Waals surface area contributed by atoms with Crippen molar-refractivity contribution in [3.63, 3.8) is 0 Å². The van der Waals surface area contributed by atoms with Gasteiger partial charge in [0.1, 0.15) is 17.6 Å². The maximum absolute atomic E-state index is 14.2. The summed E-state index contributed by atoms with van der Waals surface area (Å²) in [5.41, 5.74) is 3.18. The van der Waals surface area contributed by atoms with E-state index in [0.717, 1.165) is 11.1 Å². The fourth-order valence-electron chi connectivity index (χ4n) is 4.16. The Kier molecular flexibility index (Phi) is 4.94. The molecule has 2 aliphatic rings. The van der Waals surface area contributed by atoms with Gasteiger partial charge in [0, 0.05) is 29.7 Å². The third-order valence-electron chi connectivity index (χ3n) is 5.87. The molecule has 10 heteroatoms. The van der Waals surface area contributed by atoms with Crippen LogP contribution in [0, 0.1) is 17.1 Å². The second kappa shape index (κ2) is 7.94. The van der Waals surface area contributed by atoms with Gasteiger partial charge in [-0.2, -0.15) is 5.26 Å². The zero-order valence-electron chi connectivity index (χ0n) is 17.3. The minimum atomic E-state index is -0.672. The molecule has 0 aliphatic carbocycles. The van der Waals surface area contributed by atoms with Gasteiger partial charge in [-0.15, -0.1) is 5.10 Å². The van der Waals surface area contributed by atoms with E-state index in [1.807, 2.05) is 12.1 Å². The summed E-state index contributed by atoms with van der Waals surface area (Å²) in [6.45, 7) is 0.413. The summed E-state index contributed by atoms with van der Waals surface area (Å²) >= 11 is 0. The lowest BCUT2D eigenvalue weighted by molar-refractivity contribution is -0.136. The number of amides is 3. The molecule has 2 aromatic carbocycles. The van der Waals surface area contributed by atoms with Gasteiger partial charge in [-0.1, -0.05) is 17.3 Å². The first kappa shape index (κ1) is 20.5. The highest BCUT2D eigenvalue weighted by atomic mass is 19.1. The molecule has 0 radical (unpaired) electrons. The van der Waals surface area contributed by atoms with E-state index in [1.165, 1.54) is 15.6 Å². The number of nitrogens with one attached hydrogen (secondary N) is 1. The summed E-state index contributed by atoms with van der Waals surface area (Å²) in [6.07, 6.45) is 2.18. The number of hydrogen-bond donors (Lipinski definition) is 1. The Morgan fingerprint density at radius 1 is 1.18 bits per heavy atom. The molecule has 0 saturated carbocycles. The van der Waals surface area contributed by atoms with Gasteiger partial charge in [0.2, 0.25) is 11.8 Å². The minimum absolute atomic E-state index is 0.150. The van der Waals surface area contributed by atoms with Gasteiger partial charge in [-0.05, 0) is 36.2 Å². The molecule has 1 aromatic heterocycles. The van der Waals surface area contributed by atoms with E-state index in [0.29, 0.717) is 23.2 Å². The number of carbonyl (C=O) groups excluding carboxylic acids is 3. The van der Waals surface area contributed by atoms with Gasteiger partial charge >= 0.3 is 0 Å². The number of piperidine rings is 1. The monoisotopic (exact) mass is 444 g/mol. The normalized spacial score (nSPS) is 17.6. The minimum Gasteiger partial charge on any atom is -0.322 e. The van der Waals surface area contributed by atoms with Gasteiger partial charge in [0.05, 0.1) is 24.4 Å². The molecule has 9 nitrogen and oxygen atoms in total. The fourth-order valence-corrected chi connectivity index (χ4v) is 4.16. The van der Waals surface area contributed by atoms with E-state index in [1.54, 1.807) is 30.5 Å². The number of fused-ring (bicyclic) bond motifs is 1. The number of carbonyl (C=O) groups is 3. The fraction of sp³-hybridized carbons (Fsp3) is 0.217. The van der Waals surface area contributed by atoms with Crippen LogP contribution in [0.15, 0.2) is 42.6 Å². The second-order valence-electron chi connectivity index (χ2n) is 7.99. The number of hydrogen-bond acceptors (Lipinski definition) is 6. The number of imide groups is 1. The molecule has 1 N–H and O–H groups in total. The van der Waals surface area contributed by atoms with Crippen molar-refractivity contribution in [2.45, 2.75) is 32.0 Å². The van der Waals surface area contributed by atoms with Gasteiger partial charge in [0.25, 0.3) is 5.91 Å². The Bertz CT molecular complexity index is 1360. The number of benzene rings is 2. The molecule has 3 aromatic rings. The Labute approximate surface area is 187 Å². The summed E-state index contributed by atoms with van der Waals surface area (Å²) in [6, 6.07) is 10.8. The van der Waals surface area contributed by atoms with Crippen molar-refractivity contribution in [2.75, 3.05) is 0 Å². The van der Waals surface area contributed by atoms with Crippen molar-refractivity contribution in [1.82, 2.24) is 25.2 Å². The van der Waals surface area contributed by atoms with Crippen LogP contribution in [0.4, 0.5) is 4.39 Å². The summed E-state index contributed by atoms with van der Waals surface area (Å²) in [5, 5.41) is 19.4. The van der Waals surface area contributed by atoms with Crippen molar-refractivity contribution >= 4 is 17.7 Å². The van der Waals surface area contributed by atoms with Crippen molar-refractivity contribution in [2.24, 2.45) is 0 Å². The van der Waals surface area contributed by atoms with E-state index in [-0.39, 0.29) is 36.9 Å². The molecule has 2 aliphatic heterocycles. The van der Waals surface area contributed by atoms with Crippen molar-refractivity contribution in [3.05, 3.63) is 70.7 Å². The molecule has 33 heavy (non-hydrogen) atoms. The molecular formula is C23H17FN6O3. The lowest BCUT2D eigenvalue weighted by Gasteiger charge is -2.29. The van der Waals surface area contributed by atoms with Crippen LogP contribution in [-0.2, 0) is 22.7 Å². The Morgan fingerprint density at radius 2 is 2.03 bits per heavy atom. The Balaban J connectivity index is 1.35. The first-order valence-corrected chi connectivity index (χ1v) is 10.3. The number of nitrogens with zero attached hydrogens (tertiary/aromatic N) is 5. The molecule has 3 heterocycles. The van der Waals surface area contributed by atoms with Gasteiger partial charge < -0.3 is 4.90 Å². The lowest BCUT2D eigenvalue weighted by Crippen LogP contribution is -2.52. The molecule has 5 rings (SSSR count). The van der Waals surface area contributed by atoms with Crippen LogP contribution in [0.5, 0.6) is 0 Å². The van der Waals surface area contributed by atoms with Crippen LogP contribution in [0.2, 0.25) is 0 Å². The molecule has 1 saturated heterocycles. The standard InChI is InChI=1S/C23H17FN6O3/c24-18-7-13(9-25)1-2-15(18)10-29-12-19(27-28-29)14-3-4-17-16(8-14)11-30(23(17)33)20-5-6-21(31)26-22(20)32/h1-4,7-8,12,20H,5-6,10-11H2,(H,26,31,32). The molecule has 1 unspecified atom stereocenters. The van der Waals surface area contributed by atoms with Crippen molar-refractivity contribution < 1.29 is 18.8 Å². The quantitative estimate of drug-likeness (QED) is 0.612. The largest absolute Gasteiger partial charge is 0.322 e. The third kappa shape index (κ3) is 3.74. The second-order valence-corrected chi connectivity index (χ2v) is 7.99. The highest BCUT2D eigenvalue weighted by Crippen LogP contribution is 2.30. The summed E-state index contributed by atoms with van der Waals surface area (Å²) in [4.78, 5) is 37.9. The molecule has 164 valence electrons. The SMILES string of the molecule is N#Cc1ccc(Cn2cc(-c3ccc4c(c3)CN(C3CCC(=O)NC3=O)C4=O)nn2)c(F)c1. The summed E-state index contributed by atoms with van der Waals surface area (Å²) in [5.74, 6) is -1.51. The zero-order valence-corrected chi connectivity index (χ0v) is 17.3. The number of rotatable bonds is 4. The van der Waals surface area contributed by atoms with Gasteiger partial charge in [-0.3, -0.25) is 19.7 Å². The lowest BCUT2D eigenvalue weighted by atomic mass is 10.0. The average molecular weight is 444 g/mol. The highest BCUT2D eigenvalue weighted by molar-refractivity contribution is 6.05. The molecule has 1 fully saturated rings. The summed E-state index contributed by atoms with van der Waals surface area (Å²) < 4.78 is 15.7. The Morgan fingerprint density at radius 3 is 2.79 bits per heavy atom. The predicted octanol–water partition coefficient (Wildman–Crippen LogP) is 1.77. The average Bonchev–Trinajstić information content (AvgIpc) is 3.39. The van der Waals surface area contributed by atoms with E-state index in [2.05, 4.69) is 15.6 Å². The maximum atomic E-state index is 14.2.